The predicted molar refractivity (Wildman–Crippen MR) is 91.1 cm³/mol. The molecule has 0 aliphatic heterocycles. The number of carbonyl (C=O) groups excluding carboxylic acids is 1. The molecule has 0 spiro atoms. The third-order valence-electron chi connectivity index (χ3n) is 3.19. The van der Waals surface area contributed by atoms with Crippen molar-refractivity contribution in [2.45, 2.75) is 26.4 Å². The van der Waals surface area contributed by atoms with Crippen molar-refractivity contribution in [3.8, 4) is 0 Å². The van der Waals surface area contributed by atoms with Crippen LogP contribution in [0, 0.1) is 0 Å². The molecule has 23 heavy (non-hydrogen) atoms. The first-order valence-corrected chi connectivity index (χ1v) is 7.47. The molecule has 0 fully saturated rings. The van der Waals surface area contributed by atoms with Crippen molar-refractivity contribution in [3.63, 3.8) is 0 Å². The smallest absolute Gasteiger partial charge is 0.333 e. The highest BCUT2D eigenvalue weighted by molar-refractivity contribution is 5.87. The average molecular weight is 308 g/mol. The monoisotopic (exact) mass is 308 g/mol. The maximum Gasteiger partial charge on any atom is 0.333 e. The molecule has 0 amide bonds. The number of nitrogens with zero attached hydrogens (tertiary/aromatic N) is 2. The summed E-state index contributed by atoms with van der Waals surface area (Å²) in [5.74, 6) is -0.374. The lowest BCUT2D eigenvalue weighted by Gasteiger charge is -2.14. The van der Waals surface area contributed by atoms with Gasteiger partial charge in [0, 0.05) is 12.0 Å². The largest absolute Gasteiger partial charge is 0.459 e. The summed E-state index contributed by atoms with van der Waals surface area (Å²) in [6.45, 7) is 7.08. The van der Waals surface area contributed by atoms with E-state index >= 15 is 0 Å². The van der Waals surface area contributed by atoms with E-state index in [9.17, 15) is 4.79 Å². The van der Waals surface area contributed by atoms with Crippen molar-refractivity contribution < 1.29 is 9.53 Å². The average Bonchev–Trinajstić information content (AvgIpc) is 2.54. The SMILES string of the molecule is C=C(C)C(=O)OC(C)Cc1ccccc1N=Nc1ccccc1. The molecule has 2 aromatic carbocycles. The highest BCUT2D eigenvalue weighted by atomic mass is 16.5. The molecule has 4 nitrogen and oxygen atoms in total. The van der Waals surface area contributed by atoms with Gasteiger partial charge in [0.2, 0.25) is 0 Å². The standard InChI is InChI=1S/C19H20N2O2/c1-14(2)19(22)23-15(3)13-16-9-7-8-12-18(16)21-20-17-10-5-4-6-11-17/h4-12,15H,1,13H2,2-3H3. The van der Waals surface area contributed by atoms with Gasteiger partial charge in [0.1, 0.15) is 6.10 Å². The van der Waals surface area contributed by atoms with Gasteiger partial charge in [0.15, 0.2) is 0 Å². The molecular formula is C19H20N2O2. The molecule has 4 heteroatoms. The first kappa shape index (κ1) is 16.6. The summed E-state index contributed by atoms with van der Waals surface area (Å²) in [5, 5.41) is 8.55. The molecule has 0 bridgehead atoms. The van der Waals surface area contributed by atoms with Crippen molar-refractivity contribution >= 4 is 17.3 Å². The Morgan fingerprint density at radius 2 is 1.74 bits per heavy atom. The molecule has 1 unspecified atom stereocenters. The second-order valence-electron chi connectivity index (χ2n) is 5.36. The van der Waals surface area contributed by atoms with E-state index in [1.807, 2.05) is 61.5 Å². The van der Waals surface area contributed by atoms with Gasteiger partial charge in [-0.2, -0.15) is 10.2 Å². The number of carbonyl (C=O) groups is 1. The summed E-state index contributed by atoms with van der Waals surface area (Å²) in [6, 6.07) is 17.3. The molecule has 2 rings (SSSR count). The van der Waals surface area contributed by atoms with E-state index in [2.05, 4.69) is 16.8 Å². The summed E-state index contributed by atoms with van der Waals surface area (Å²) >= 11 is 0. The van der Waals surface area contributed by atoms with Gasteiger partial charge in [-0.15, -0.1) is 0 Å². The van der Waals surface area contributed by atoms with E-state index in [1.54, 1.807) is 6.92 Å². The third-order valence-corrected chi connectivity index (χ3v) is 3.19. The lowest BCUT2D eigenvalue weighted by molar-refractivity contribution is -0.143. The van der Waals surface area contributed by atoms with Crippen molar-refractivity contribution in [2.24, 2.45) is 10.2 Å². The topological polar surface area (TPSA) is 51.0 Å². The molecule has 0 aliphatic rings. The van der Waals surface area contributed by atoms with Crippen LogP contribution in [-0.2, 0) is 16.0 Å². The normalized spacial score (nSPS) is 12.1. The molecule has 0 heterocycles. The summed E-state index contributed by atoms with van der Waals surface area (Å²) in [5.41, 5.74) is 2.95. The van der Waals surface area contributed by atoms with E-state index < -0.39 is 0 Å². The fraction of sp³-hybridized carbons (Fsp3) is 0.211. The predicted octanol–water partition coefficient (Wildman–Crippen LogP) is 5.15. The molecule has 0 aliphatic carbocycles. The van der Waals surface area contributed by atoms with Gasteiger partial charge in [-0.3, -0.25) is 0 Å². The second-order valence-corrected chi connectivity index (χ2v) is 5.36. The van der Waals surface area contributed by atoms with Gasteiger partial charge in [0.25, 0.3) is 0 Å². The number of ether oxygens (including phenoxy) is 1. The van der Waals surface area contributed by atoms with Gasteiger partial charge in [-0.1, -0.05) is 43.0 Å². The van der Waals surface area contributed by atoms with Crippen LogP contribution in [0.1, 0.15) is 19.4 Å². The van der Waals surface area contributed by atoms with Crippen LogP contribution in [-0.4, -0.2) is 12.1 Å². The Kier molecular flexibility index (Phi) is 5.80. The van der Waals surface area contributed by atoms with Crippen molar-refractivity contribution in [1.29, 1.82) is 0 Å². The zero-order valence-electron chi connectivity index (χ0n) is 13.4. The number of azo groups is 1. The Labute approximate surface area is 136 Å². The van der Waals surface area contributed by atoms with E-state index in [1.165, 1.54) is 0 Å². The number of hydrogen-bond acceptors (Lipinski definition) is 4. The summed E-state index contributed by atoms with van der Waals surface area (Å²) in [7, 11) is 0. The van der Waals surface area contributed by atoms with Crippen LogP contribution in [0.3, 0.4) is 0 Å². The van der Waals surface area contributed by atoms with Crippen LogP contribution in [0.4, 0.5) is 11.4 Å². The molecule has 0 N–H and O–H groups in total. The maximum absolute atomic E-state index is 11.6. The number of benzene rings is 2. The molecule has 0 saturated carbocycles. The van der Waals surface area contributed by atoms with Crippen LogP contribution in [0.5, 0.6) is 0 Å². The van der Waals surface area contributed by atoms with Crippen LogP contribution >= 0.6 is 0 Å². The molecule has 0 aromatic heterocycles. The lowest BCUT2D eigenvalue weighted by atomic mass is 10.1. The molecule has 0 radical (unpaired) electrons. The highest BCUT2D eigenvalue weighted by Crippen LogP contribution is 2.24. The van der Waals surface area contributed by atoms with Crippen LogP contribution in [0.15, 0.2) is 77.0 Å². The van der Waals surface area contributed by atoms with Gasteiger partial charge in [-0.25, -0.2) is 4.79 Å². The summed E-state index contributed by atoms with van der Waals surface area (Å²) in [6.07, 6.45) is 0.315. The quantitative estimate of drug-likeness (QED) is 0.421. The minimum Gasteiger partial charge on any atom is -0.459 e. The second kappa shape index (κ2) is 8.03. The minimum atomic E-state index is -0.374. The van der Waals surface area contributed by atoms with Gasteiger partial charge < -0.3 is 4.74 Å². The molecule has 2 aromatic rings. The zero-order valence-corrected chi connectivity index (χ0v) is 13.4. The molecule has 0 saturated heterocycles. The number of rotatable bonds is 6. The molecule has 1 atom stereocenters. The zero-order chi connectivity index (χ0) is 16.7. The van der Waals surface area contributed by atoms with Crippen molar-refractivity contribution in [2.75, 3.05) is 0 Å². The molecular weight excluding hydrogens is 288 g/mol. The van der Waals surface area contributed by atoms with E-state index in [0.29, 0.717) is 12.0 Å². The summed E-state index contributed by atoms with van der Waals surface area (Å²) < 4.78 is 5.32. The van der Waals surface area contributed by atoms with E-state index in [0.717, 1.165) is 16.9 Å². The van der Waals surface area contributed by atoms with Crippen LogP contribution in [0.2, 0.25) is 0 Å². The van der Waals surface area contributed by atoms with E-state index in [4.69, 9.17) is 4.74 Å². The number of esters is 1. The van der Waals surface area contributed by atoms with Crippen LogP contribution < -0.4 is 0 Å². The van der Waals surface area contributed by atoms with Crippen molar-refractivity contribution in [3.05, 3.63) is 72.3 Å². The van der Waals surface area contributed by atoms with Gasteiger partial charge in [-0.05, 0) is 37.6 Å². The fourth-order valence-electron chi connectivity index (χ4n) is 2.02. The minimum absolute atomic E-state index is 0.257. The van der Waals surface area contributed by atoms with Crippen LogP contribution in [0.25, 0.3) is 0 Å². The van der Waals surface area contributed by atoms with Gasteiger partial charge >= 0.3 is 5.97 Å². The highest BCUT2D eigenvalue weighted by Gasteiger charge is 2.12. The summed E-state index contributed by atoms with van der Waals surface area (Å²) in [4.78, 5) is 11.6. The Bertz CT molecular complexity index is 708. The Balaban J connectivity index is 2.10. The first-order valence-electron chi connectivity index (χ1n) is 7.47. The lowest BCUT2D eigenvalue weighted by Crippen LogP contribution is -2.17. The number of hydrogen-bond donors (Lipinski definition) is 0. The Morgan fingerprint density at radius 3 is 2.43 bits per heavy atom. The maximum atomic E-state index is 11.6. The van der Waals surface area contributed by atoms with Gasteiger partial charge in [0.05, 0.1) is 11.4 Å². The van der Waals surface area contributed by atoms with E-state index in [-0.39, 0.29) is 12.1 Å². The first-order chi connectivity index (χ1) is 11.1. The fourth-order valence-corrected chi connectivity index (χ4v) is 2.02. The molecule has 118 valence electrons. The van der Waals surface area contributed by atoms with Crippen molar-refractivity contribution in [1.82, 2.24) is 0 Å². The Hall–Kier alpha value is -2.75. The third kappa shape index (κ3) is 5.18. The Morgan fingerprint density at radius 1 is 1.09 bits per heavy atom.